The molecule has 0 spiro atoms. The van der Waals surface area contributed by atoms with Gasteiger partial charge in [-0.3, -0.25) is 0 Å². The van der Waals surface area contributed by atoms with E-state index >= 15 is 0 Å². The minimum atomic E-state index is -0.0634. The predicted octanol–water partition coefficient (Wildman–Crippen LogP) is 3.18. The summed E-state index contributed by atoms with van der Waals surface area (Å²) in [5.41, 5.74) is 2.05. The number of hydrogen-bond donors (Lipinski definition) is 2. The largest absolute Gasteiger partial charge is 0.327 e. The molecular weight excluding hydrogens is 270 g/mol. The topological polar surface area (TPSA) is 44.4 Å². The molecular formula is C15H25N3OS. The van der Waals surface area contributed by atoms with Crippen LogP contribution in [0.3, 0.4) is 0 Å². The van der Waals surface area contributed by atoms with Crippen molar-refractivity contribution in [2.24, 2.45) is 0 Å². The average Bonchev–Trinajstić information content (AvgIpc) is 2.45. The molecule has 20 heavy (non-hydrogen) atoms. The molecule has 0 bridgehead atoms. The summed E-state index contributed by atoms with van der Waals surface area (Å²) >= 11 is 1.73. The first kappa shape index (κ1) is 16.9. The summed E-state index contributed by atoms with van der Waals surface area (Å²) in [7, 11) is 1.81. The van der Waals surface area contributed by atoms with E-state index in [9.17, 15) is 4.79 Å². The van der Waals surface area contributed by atoms with Crippen LogP contribution in [-0.4, -0.2) is 43.1 Å². The molecule has 0 aliphatic rings. The second kappa shape index (κ2) is 8.87. The maximum atomic E-state index is 11.9. The number of hydrogen-bond acceptors (Lipinski definition) is 3. The molecule has 0 saturated heterocycles. The Morgan fingerprint density at radius 1 is 1.35 bits per heavy atom. The average molecular weight is 295 g/mol. The number of rotatable bonds is 7. The summed E-state index contributed by atoms with van der Waals surface area (Å²) in [5, 5.41) is 6.27. The van der Waals surface area contributed by atoms with Crippen LogP contribution in [-0.2, 0) is 0 Å². The van der Waals surface area contributed by atoms with Gasteiger partial charge in [-0.2, -0.15) is 11.8 Å². The summed E-state index contributed by atoms with van der Waals surface area (Å²) in [4.78, 5) is 13.6. The molecule has 1 atom stereocenters. The van der Waals surface area contributed by atoms with E-state index in [1.165, 1.54) is 5.56 Å². The van der Waals surface area contributed by atoms with Crippen molar-refractivity contribution in [1.29, 1.82) is 0 Å². The molecule has 112 valence electrons. The summed E-state index contributed by atoms with van der Waals surface area (Å²) in [6.45, 7) is 5.92. The van der Waals surface area contributed by atoms with Gasteiger partial charge < -0.3 is 15.5 Å². The van der Waals surface area contributed by atoms with Crippen LogP contribution in [0, 0.1) is 0 Å². The lowest BCUT2D eigenvalue weighted by Gasteiger charge is -2.18. The van der Waals surface area contributed by atoms with Gasteiger partial charge in [0.15, 0.2) is 0 Å². The van der Waals surface area contributed by atoms with Crippen LogP contribution in [0.1, 0.15) is 25.5 Å². The molecule has 0 saturated carbocycles. The number of benzene rings is 1. The highest BCUT2D eigenvalue weighted by Gasteiger charge is 2.08. The summed E-state index contributed by atoms with van der Waals surface area (Å²) in [6, 6.07) is 8.25. The third-order valence-electron chi connectivity index (χ3n) is 3.15. The number of thioether (sulfide) groups is 1. The van der Waals surface area contributed by atoms with E-state index in [0.29, 0.717) is 6.04 Å². The molecule has 4 nitrogen and oxygen atoms in total. The fraction of sp³-hybridized carbons (Fsp3) is 0.533. The van der Waals surface area contributed by atoms with Crippen molar-refractivity contribution in [2.45, 2.75) is 19.9 Å². The first-order chi connectivity index (χ1) is 9.58. The Kier molecular flexibility index (Phi) is 7.47. The Morgan fingerprint density at radius 2 is 2.00 bits per heavy atom. The Balaban J connectivity index is 2.54. The van der Waals surface area contributed by atoms with Crippen molar-refractivity contribution in [1.82, 2.24) is 10.2 Å². The summed E-state index contributed by atoms with van der Waals surface area (Å²) in [6.07, 6.45) is 2.04. The van der Waals surface area contributed by atoms with Crippen molar-refractivity contribution >= 4 is 23.5 Å². The standard InChI is InChI=1S/C15H25N3OS/c1-5-16-12(2)13-6-8-14(9-7-13)17-15(19)18(3)10-11-20-4/h6-9,12,16H,5,10-11H2,1-4H3,(H,17,19). The van der Waals surface area contributed by atoms with Gasteiger partial charge in [-0.05, 0) is 37.4 Å². The van der Waals surface area contributed by atoms with E-state index in [4.69, 9.17) is 0 Å². The van der Waals surface area contributed by atoms with E-state index in [2.05, 4.69) is 24.5 Å². The van der Waals surface area contributed by atoms with Crippen LogP contribution in [0.2, 0.25) is 0 Å². The Morgan fingerprint density at radius 3 is 2.55 bits per heavy atom. The second-order valence-corrected chi connectivity index (χ2v) is 5.73. The van der Waals surface area contributed by atoms with E-state index in [0.717, 1.165) is 24.5 Å². The lowest BCUT2D eigenvalue weighted by Crippen LogP contribution is -2.33. The zero-order chi connectivity index (χ0) is 15.0. The van der Waals surface area contributed by atoms with Crippen LogP contribution in [0.4, 0.5) is 10.5 Å². The number of anilines is 1. The van der Waals surface area contributed by atoms with Gasteiger partial charge in [0.1, 0.15) is 0 Å². The summed E-state index contributed by atoms with van der Waals surface area (Å²) in [5.74, 6) is 0.947. The third-order valence-corrected chi connectivity index (χ3v) is 3.74. The summed E-state index contributed by atoms with van der Waals surface area (Å²) < 4.78 is 0. The minimum absolute atomic E-state index is 0.0634. The van der Waals surface area contributed by atoms with Gasteiger partial charge >= 0.3 is 6.03 Å². The van der Waals surface area contributed by atoms with E-state index < -0.39 is 0 Å². The van der Waals surface area contributed by atoms with Crippen molar-refractivity contribution in [3.63, 3.8) is 0 Å². The second-order valence-electron chi connectivity index (χ2n) is 4.75. The maximum absolute atomic E-state index is 11.9. The molecule has 1 rings (SSSR count). The zero-order valence-electron chi connectivity index (χ0n) is 12.8. The number of amides is 2. The van der Waals surface area contributed by atoms with Crippen LogP contribution in [0.5, 0.6) is 0 Å². The van der Waals surface area contributed by atoms with Gasteiger partial charge in [0.25, 0.3) is 0 Å². The van der Waals surface area contributed by atoms with Gasteiger partial charge in [0.05, 0.1) is 0 Å². The Hall–Kier alpha value is -1.20. The number of carbonyl (C=O) groups excluding carboxylic acids is 1. The first-order valence-electron chi connectivity index (χ1n) is 6.92. The number of nitrogens with one attached hydrogen (secondary N) is 2. The zero-order valence-corrected chi connectivity index (χ0v) is 13.6. The molecule has 2 amide bonds. The van der Waals surface area contributed by atoms with Crippen LogP contribution >= 0.6 is 11.8 Å². The van der Waals surface area contributed by atoms with Gasteiger partial charge in [0, 0.05) is 31.1 Å². The quantitative estimate of drug-likeness (QED) is 0.812. The highest BCUT2D eigenvalue weighted by atomic mass is 32.2. The van der Waals surface area contributed by atoms with E-state index in [1.807, 2.05) is 37.6 Å². The molecule has 1 aromatic rings. The lowest BCUT2D eigenvalue weighted by molar-refractivity contribution is 0.225. The van der Waals surface area contributed by atoms with Crippen molar-refractivity contribution < 1.29 is 4.79 Å². The predicted molar refractivity (Wildman–Crippen MR) is 88.6 cm³/mol. The van der Waals surface area contributed by atoms with Crippen molar-refractivity contribution in [3.05, 3.63) is 29.8 Å². The first-order valence-corrected chi connectivity index (χ1v) is 8.32. The fourth-order valence-corrected chi connectivity index (χ4v) is 2.28. The Bertz CT molecular complexity index is 408. The fourth-order valence-electron chi connectivity index (χ4n) is 1.83. The molecule has 5 heteroatoms. The molecule has 0 radical (unpaired) electrons. The van der Waals surface area contributed by atoms with Crippen LogP contribution in [0.25, 0.3) is 0 Å². The third kappa shape index (κ3) is 5.43. The van der Waals surface area contributed by atoms with Gasteiger partial charge in [-0.15, -0.1) is 0 Å². The molecule has 2 N–H and O–H groups in total. The smallest absolute Gasteiger partial charge is 0.321 e. The van der Waals surface area contributed by atoms with Gasteiger partial charge in [-0.25, -0.2) is 4.79 Å². The molecule has 0 aromatic heterocycles. The number of urea groups is 1. The number of carbonyl (C=O) groups is 1. The molecule has 1 aromatic carbocycles. The van der Waals surface area contributed by atoms with E-state index in [-0.39, 0.29) is 6.03 Å². The lowest BCUT2D eigenvalue weighted by atomic mass is 10.1. The van der Waals surface area contributed by atoms with Crippen molar-refractivity contribution in [3.8, 4) is 0 Å². The van der Waals surface area contributed by atoms with Gasteiger partial charge in [0.2, 0.25) is 0 Å². The monoisotopic (exact) mass is 295 g/mol. The van der Waals surface area contributed by atoms with Crippen LogP contribution < -0.4 is 10.6 Å². The molecule has 0 aliphatic carbocycles. The normalized spacial score (nSPS) is 12.0. The molecule has 1 unspecified atom stereocenters. The van der Waals surface area contributed by atoms with Crippen LogP contribution in [0.15, 0.2) is 24.3 Å². The molecule has 0 fully saturated rings. The maximum Gasteiger partial charge on any atom is 0.321 e. The Labute approximate surface area is 126 Å². The molecule has 0 heterocycles. The highest BCUT2D eigenvalue weighted by Crippen LogP contribution is 2.16. The van der Waals surface area contributed by atoms with E-state index in [1.54, 1.807) is 16.7 Å². The minimum Gasteiger partial charge on any atom is -0.327 e. The van der Waals surface area contributed by atoms with Gasteiger partial charge in [-0.1, -0.05) is 19.1 Å². The highest BCUT2D eigenvalue weighted by molar-refractivity contribution is 7.98. The van der Waals surface area contributed by atoms with Crippen molar-refractivity contribution in [2.75, 3.05) is 37.5 Å². The SMILES string of the molecule is CCNC(C)c1ccc(NC(=O)N(C)CCSC)cc1. The number of nitrogens with zero attached hydrogens (tertiary/aromatic N) is 1. The molecule has 0 aliphatic heterocycles.